The quantitative estimate of drug-likeness (QED) is 0.404. The number of aliphatic hydroxyl groups is 1. The third-order valence-electron chi connectivity index (χ3n) is 1.82. The summed E-state index contributed by atoms with van der Waals surface area (Å²) in [5.41, 5.74) is 0. The fourth-order valence-corrected chi connectivity index (χ4v) is 2.25. The van der Waals surface area contributed by atoms with Crippen molar-refractivity contribution in [3.05, 3.63) is 0 Å². The van der Waals surface area contributed by atoms with Crippen LogP contribution in [-0.4, -0.2) is 30.6 Å². The van der Waals surface area contributed by atoms with Gasteiger partial charge in [0, 0.05) is 12.8 Å². The highest BCUT2D eigenvalue weighted by Gasteiger charge is 2.17. The first-order valence-corrected chi connectivity index (χ1v) is 7.06. The minimum absolute atomic E-state index is 0.219. The van der Waals surface area contributed by atoms with Gasteiger partial charge < -0.3 is 9.63 Å². The van der Waals surface area contributed by atoms with Crippen LogP contribution in [0.25, 0.3) is 0 Å². The normalized spacial score (nSPS) is 17.0. The summed E-state index contributed by atoms with van der Waals surface area (Å²) in [6.07, 6.45) is 1.35. The molecule has 0 bridgehead atoms. The Kier molecular flexibility index (Phi) is 6.82. The molecule has 0 radical (unpaired) electrons. The molecule has 0 aromatic heterocycles. The van der Waals surface area contributed by atoms with Crippen LogP contribution in [-0.2, 0) is 9.09 Å². The highest BCUT2D eigenvalue weighted by atomic mass is 31.2. The first kappa shape index (κ1) is 13.6. The molecule has 0 amide bonds. The lowest BCUT2D eigenvalue weighted by atomic mass is 10.3. The summed E-state index contributed by atoms with van der Waals surface area (Å²) in [7, 11) is -2.60. The molecule has 4 nitrogen and oxygen atoms in total. The second-order valence-corrected chi connectivity index (χ2v) is 6.09. The topological polar surface area (TPSA) is 70.3 Å². The van der Waals surface area contributed by atoms with E-state index in [9.17, 15) is 4.57 Å². The highest BCUT2D eigenvalue weighted by molar-refractivity contribution is 7.58. The van der Waals surface area contributed by atoms with Crippen LogP contribution in [0.5, 0.6) is 0 Å². The Morgan fingerprint density at radius 3 is 2.79 bits per heavy atom. The Morgan fingerprint density at radius 1 is 1.64 bits per heavy atom. The van der Waals surface area contributed by atoms with Gasteiger partial charge in [0.15, 0.2) is 7.37 Å². The summed E-state index contributed by atoms with van der Waals surface area (Å²) < 4.78 is 16.9. The van der Waals surface area contributed by atoms with Gasteiger partial charge in [-0.1, -0.05) is 13.3 Å². The van der Waals surface area contributed by atoms with Gasteiger partial charge >= 0.3 is 0 Å². The average Bonchev–Trinajstić information content (AvgIpc) is 2.14. The minimum Gasteiger partial charge on any atom is -0.378 e. The maximum atomic E-state index is 11.7. The van der Waals surface area contributed by atoms with E-state index in [0.29, 0.717) is 6.61 Å². The van der Waals surface area contributed by atoms with Gasteiger partial charge in [-0.05, 0) is 12.8 Å². The molecule has 14 heavy (non-hydrogen) atoms. The van der Waals surface area contributed by atoms with Gasteiger partial charge in [0.1, 0.15) is 6.10 Å². The van der Waals surface area contributed by atoms with E-state index in [1.807, 2.05) is 6.92 Å². The largest absolute Gasteiger partial charge is 0.378 e. The van der Waals surface area contributed by atoms with Crippen molar-refractivity contribution in [3.63, 3.8) is 0 Å². The van der Waals surface area contributed by atoms with Crippen molar-refractivity contribution >= 4 is 7.37 Å². The lowest BCUT2D eigenvalue weighted by Crippen LogP contribution is -2.06. The van der Waals surface area contributed by atoms with Gasteiger partial charge in [-0.2, -0.15) is 5.26 Å². The Bertz CT molecular complexity index is 237. The van der Waals surface area contributed by atoms with Gasteiger partial charge in [-0.15, -0.1) is 0 Å². The number of hydrogen-bond donors (Lipinski definition) is 1. The van der Waals surface area contributed by atoms with Crippen molar-refractivity contribution in [1.82, 2.24) is 0 Å². The SMILES string of the molecule is CCCCO[P@@](C)(=O)CC[C@@H](O)C#N. The third-order valence-corrected chi connectivity index (χ3v) is 3.62. The Balaban J connectivity index is 3.73. The molecule has 0 aliphatic carbocycles. The second kappa shape index (κ2) is 7.00. The number of nitriles is 1. The fourth-order valence-electron chi connectivity index (χ4n) is 0.888. The van der Waals surface area contributed by atoms with Crippen molar-refractivity contribution < 1.29 is 14.2 Å². The monoisotopic (exact) mass is 219 g/mol. The van der Waals surface area contributed by atoms with Crippen LogP contribution in [0.15, 0.2) is 0 Å². The van der Waals surface area contributed by atoms with E-state index < -0.39 is 13.5 Å². The van der Waals surface area contributed by atoms with Crippen molar-refractivity contribution in [2.75, 3.05) is 19.4 Å². The molecular formula is C9H18NO3P. The Hall–Kier alpha value is -0.360. The molecule has 0 saturated carbocycles. The number of rotatable bonds is 7. The molecule has 2 atom stereocenters. The lowest BCUT2D eigenvalue weighted by Gasteiger charge is -2.13. The van der Waals surface area contributed by atoms with Gasteiger partial charge in [0.2, 0.25) is 0 Å². The molecule has 0 spiro atoms. The molecule has 0 unspecified atom stereocenters. The molecule has 0 saturated heterocycles. The van der Waals surface area contributed by atoms with Crippen molar-refractivity contribution in [3.8, 4) is 6.07 Å². The van der Waals surface area contributed by atoms with E-state index in [1.165, 1.54) is 0 Å². The zero-order valence-corrected chi connectivity index (χ0v) is 9.67. The summed E-state index contributed by atoms with van der Waals surface area (Å²) in [6.45, 7) is 4.07. The molecule has 0 rings (SSSR count). The summed E-state index contributed by atoms with van der Waals surface area (Å²) in [4.78, 5) is 0. The first-order chi connectivity index (χ1) is 6.52. The first-order valence-electron chi connectivity index (χ1n) is 4.80. The van der Waals surface area contributed by atoms with Crippen molar-refractivity contribution in [2.45, 2.75) is 32.3 Å². The van der Waals surface area contributed by atoms with E-state index >= 15 is 0 Å². The molecule has 0 aliphatic rings. The predicted molar refractivity (Wildman–Crippen MR) is 55.5 cm³/mol. The Morgan fingerprint density at radius 2 is 2.29 bits per heavy atom. The third kappa shape index (κ3) is 7.08. The standard InChI is InChI=1S/C9H18NO3P/c1-3-4-6-13-14(2,12)7-5-9(11)8-10/h9,11H,3-7H2,1-2H3/t9-,14-/m1/s1. The van der Waals surface area contributed by atoms with Gasteiger partial charge in [-0.3, -0.25) is 4.57 Å². The van der Waals surface area contributed by atoms with Gasteiger partial charge in [-0.25, -0.2) is 0 Å². The van der Waals surface area contributed by atoms with Crippen molar-refractivity contribution in [2.24, 2.45) is 0 Å². The molecule has 0 aromatic rings. The average molecular weight is 219 g/mol. The summed E-state index contributed by atoms with van der Waals surface area (Å²) >= 11 is 0. The molecule has 5 heteroatoms. The van der Waals surface area contributed by atoms with Crippen LogP contribution >= 0.6 is 7.37 Å². The van der Waals surface area contributed by atoms with Crippen LogP contribution in [0.3, 0.4) is 0 Å². The Labute approximate surface area is 85.3 Å². The highest BCUT2D eigenvalue weighted by Crippen LogP contribution is 2.43. The smallest absolute Gasteiger partial charge is 0.200 e. The second-order valence-electron chi connectivity index (χ2n) is 3.36. The molecule has 0 aromatic carbocycles. The fraction of sp³-hybridized carbons (Fsp3) is 0.889. The predicted octanol–water partition coefficient (Wildman–Crippen LogP) is 1.99. The van der Waals surface area contributed by atoms with Gasteiger partial charge in [0.05, 0.1) is 12.7 Å². The van der Waals surface area contributed by atoms with Crippen LogP contribution < -0.4 is 0 Å². The zero-order chi connectivity index (χ0) is 11.0. The summed E-state index contributed by atoms with van der Waals surface area (Å²) in [6, 6.07) is 1.68. The number of unbranched alkanes of at least 4 members (excludes halogenated alkanes) is 1. The van der Waals surface area contributed by atoms with Crippen LogP contribution in [0.2, 0.25) is 0 Å². The van der Waals surface area contributed by atoms with E-state index in [-0.39, 0.29) is 12.6 Å². The van der Waals surface area contributed by atoms with E-state index in [2.05, 4.69) is 0 Å². The molecule has 0 fully saturated rings. The molecule has 1 N–H and O–H groups in total. The molecule has 82 valence electrons. The maximum absolute atomic E-state index is 11.7. The summed E-state index contributed by atoms with van der Waals surface area (Å²) in [5.74, 6) is 0. The number of hydrogen-bond acceptors (Lipinski definition) is 4. The number of aliphatic hydroxyl groups excluding tert-OH is 1. The van der Waals surface area contributed by atoms with Crippen molar-refractivity contribution in [1.29, 1.82) is 5.26 Å². The van der Waals surface area contributed by atoms with E-state index in [4.69, 9.17) is 14.9 Å². The minimum atomic E-state index is -2.60. The molecule has 0 heterocycles. The maximum Gasteiger partial charge on any atom is 0.200 e. The lowest BCUT2D eigenvalue weighted by molar-refractivity contribution is 0.223. The van der Waals surface area contributed by atoms with E-state index in [1.54, 1.807) is 12.7 Å². The van der Waals surface area contributed by atoms with Gasteiger partial charge in [0.25, 0.3) is 0 Å². The molecule has 0 aliphatic heterocycles. The van der Waals surface area contributed by atoms with Crippen LogP contribution in [0.1, 0.15) is 26.2 Å². The molecular weight excluding hydrogens is 201 g/mol. The zero-order valence-electron chi connectivity index (χ0n) is 8.77. The van der Waals surface area contributed by atoms with E-state index in [0.717, 1.165) is 12.8 Å². The van der Waals surface area contributed by atoms with Crippen LogP contribution in [0, 0.1) is 11.3 Å². The van der Waals surface area contributed by atoms with Crippen LogP contribution in [0.4, 0.5) is 0 Å². The summed E-state index contributed by atoms with van der Waals surface area (Å²) in [5, 5.41) is 17.3. The number of nitrogens with zero attached hydrogens (tertiary/aromatic N) is 1.